The minimum absolute atomic E-state index is 0.260. The molecule has 2 N–H and O–H groups in total. The van der Waals surface area contributed by atoms with Crippen LogP contribution in [0.4, 0.5) is 16.2 Å². The number of nitrogens with one attached hydrogen (secondary N) is 2. The Balaban J connectivity index is 1.46. The molecule has 0 saturated carbocycles. The van der Waals surface area contributed by atoms with E-state index in [1.165, 1.54) is 0 Å². The number of hydrogen-bond donors (Lipinski definition) is 2. The van der Waals surface area contributed by atoms with Crippen molar-refractivity contribution in [2.75, 3.05) is 10.6 Å². The number of aryl methyl sites for hydroxylation is 1. The number of anilines is 2. The predicted molar refractivity (Wildman–Crippen MR) is 102 cm³/mol. The number of amides is 2. The number of hydrogen-bond acceptors (Lipinski definition) is 3. The molecule has 2 amide bonds. The van der Waals surface area contributed by atoms with E-state index < -0.39 is 0 Å². The van der Waals surface area contributed by atoms with E-state index in [4.69, 9.17) is 0 Å². The Bertz CT molecular complexity index is 1000. The van der Waals surface area contributed by atoms with Gasteiger partial charge >= 0.3 is 6.03 Å². The average Bonchev–Trinajstić information content (AvgIpc) is 3.19. The monoisotopic (exact) mass is 348 g/mol. The Labute approximate surface area is 149 Å². The second kappa shape index (κ2) is 6.41. The summed E-state index contributed by atoms with van der Waals surface area (Å²) in [5.74, 6) is 0. The first-order valence-electron chi connectivity index (χ1n) is 7.85. The molecule has 0 aliphatic heterocycles. The number of carbonyl (C=O) groups is 1. The molecule has 0 aliphatic rings. The van der Waals surface area contributed by atoms with Gasteiger partial charge in [0.15, 0.2) is 4.96 Å². The molecular weight excluding hydrogens is 332 g/mol. The summed E-state index contributed by atoms with van der Waals surface area (Å²) in [4.78, 5) is 17.7. The Morgan fingerprint density at radius 1 is 1.08 bits per heavy atom. The molecule has 5 nitrogen and oxygen atoms in total. The summed E-state index contributed by atoms with van der Waals surface area (Å²) in [6, 6.07) is 15.1. The quantitative estimate of drug-likeness (QED) is 0.546. The molecule has 0 fully saturated rings. The zero-order valence-electron chi connectivity index (χ0n) is 13.6. The average molecular weight is 348 g/mol. The van der Waals surface area contributed by atoms with Crippen LogP contribution in [0.15, 0.2) is 66.3 Å². The van der Waals surface area contributed by atoms with Crippen molar-refractivity contribution >= 4 is 33.7 Å². The molecule has 4 aromatic rings. The third-order valence-corrected chi connectivity index (χ3v) is 4.70. The summed E-state index contributed by atoms with van der Waals surface area (Å²) in [6.07, 6.45) is 3.99. The Hall–Kier alpha value is -3.12. The number of aromatic nitrogens is 2. The Morgan fingerprint density at radius 3 is 2.64 bits per heavy atom. The van der Waals surface area contributed by atoms with Gasteiger partial charge in [-0.3, -0.25) is 4.40 Å². The summed E-state index contributed by atoms with van der Waals surface area (Å²) in [5, 5.41) is 7.71. The number of benzene rings is 2. The molecule has 0 radical (unpaired) electrons. The van der Waals surface area contributed by atoms with Crippen LogP contribution in [0.3, 0.4) is 0 Å². The fourth-order valence-corrected chi connectivity index (χ4v) is 3.29. The molecule has 2 aromatic carbocycles. The maximum Gasteiger partial charge on any atom is 0.323 e. The Kier molecular flexibility index (Phi) is 3.95. The van der Waals surface area contributed by atoms with Crippen molar-refractivity contribution < 1.29 is 4.79 Å². The zero-order chi connectivity index (χ0) is 17.2. The lowest BCUT2D eigenvalue weighted by Gasteiger charge is -2.10. The molecule has 0 saturated heterocycles. The van der Waals surface area contributed by atoms with Gasteiger partial charge in [-0.2, -0.15) is 0 Å². The molecule has 124 valence electrons. The fourth-order valence-electron chi connectivity index (χ4n) is 2.59. The molecular formula is C19H16N4OS. The number of nitrogens with zero attached hydrogens (tertiary/aromatic N) is 2. The summed E-state index contributed by atoms with van der Waals surface area (Å²) in [7, 11) is 0. The lowest BCUT2D eigenvalue weighted by Crippen LogP contribution is -2.19. The molecule has 0 spiro atoms. The minimum atomic E-state index is -0.260. The van der Waals surface area contributed by atoms with Gasteiger partial charge in [-0.05, 0) is 30.7 Å². The number of imidazole rings is 1. The number of carbonyl (C=O) groups excluding carboxylic acids is 1. The van der Waals surface area contributed by atoms with Crippen molar-refractivity contribution in [2.45, 2.75) is 6.92 Å². The van der Waals surface area contributed by atoms with Crippen LogP contribution in [0.1, 0.15) is 5.56 Å². The lowest BCUT2D eigenvalue weighted by molar-refractivity contribution is 0.262. The highest BCUT2D eigenvalue weighted by molar-refractivity contribution is 7.15. The maximum atomic E-state index is 12.1. The molecule has 0 bridgehead atoms. The van der Waals surface area contributed by atoms with E-state index in [1.807, 2.05) is 77.6 Å². The maximum absolute atomic E-state index is 12.1. The van der Waals surface area contributed by atoms with Crippen LogP contribution < -0.4 is 10.6 Å². The molecule has 2 heterocycles. The van der Waals surface area contributed by atoms with Gasteiger partial charge in [0, 0.05) is 34.7 Å². The normalized spacial score (nSPS) is 10.8. The molecule has 4 rings (SSSR count). The Morgan fingerprint density at radius 2 is 1.88 bits per heavy atom. The van der Waals surface area contributed by atoms with Crippen LogP contribution in [0.2, 0.25) is 0 Å². The van der Waals surface area contributed by atoms with E-state index in [0.717, 1.165) is 33.2 Å². The predicted octanol–water partition coefficient (Wildman–Crippen LogP) is 5.02. The van der Waals surface area contributed by atoms with Gasteiger partial charge in [0.2, 0.25) is 0 Å². The summed E-state index contributed by atoms with van der Waals surface area (Å²) in [6.45, 7) is 1.96. The van der Waals surface area contributed by atoms with Gasteiger partial charge in [-0.15, -0.1) is 11.3 Å². The highest BCUT2D eigenvalue weighted by Gasteiger charge is 2.07. The van der Waals surface area contributed by atoms with Crippen LogP contribution >= 0.6 is 11.3 Å². The molecule has 6 heteroatoms. The largest absolute Gasteiger partial charge is 0.323 e. The topological polar surface area (TPSA) is 58.4 Å². The lowest BCUT2D eigenvalue weighted by atomic mass is 10.1. The minimum Gasteiger partial charge on any atom is -0.308 e. The number of rotatable bonds is 3. The molecule has 25 heavy (non-hydrogen) atoms. The van der Waals surface area contributed by atoms with Gasteiger partial charge in [0.25, 0.3) is 0 Å². The smallest absolute Gasteiger partial charge is 0.308 e. The summed E-state index contributed by atoms with van der Waals surface area (Å²) in [5.41, 5.74) is 4.49. The molecule has 0 atom stereocenters. The number of urea groups is 1. The van der Waals surface area contributed by atoms with Gasteiger partial charge in [0.05, 0.1) is 5.69 Å². The van der Waals surface area contributed by atoms with Crippen LogP contribution in [-0.2, 0) is 0 Å². The van der Waals surface area contributed by atoms with Crippen molar-refractivity contribution in [2.24, 2.45) is 0 Å². The van der Waals surface area contributed by atoms with Crippen LogP contribution in [0.5, 0.6) is 0 Å². The van der Waals surface area contributed by atoms with Crippen molar-refractivity contribution in [3.63, 3.8) is 0 Å². The number of fused-ring (bicyclic) bond motifs is 1. The van der Waals surface area contributed by atoms with Crippen LogP contribution in [0.25, 0.3) is 16.2 Å². The number of thiazole rings is 1. The third-order valence-electron chi connectivity index (χ3n) is 3.93. The van der Waals surface area contributed by atoms with Crippen molar-refractivity contribution in [1.29, 1.82) is 0 Å². The SMILES string of the molecule is Cc1ccccc1NC(=O)Nc1ccc(-c2cn3ccsc3n2)cc1. The van der Waals surface area contributed by atoms with E-state index in [2.05, 4.69) is 15.6 Å². The molecule has 0 unspecified atom stereocenters. The highest BCUT2D eigenvalue weighted by Crippen LogP contribution is 2.23. The second-order valence-electron chi connectivity index (χ2n) is 5.69. The van der Waals surface area contributed by atoms with E-state index in [-0.39, 0.29) is 6.03 Å². The molecule has 0 aliphatic carbocycles. The zero-order valence-corrected chi connectivity index (χ0v) is 14.4. The van der Waals surface area contributed by atoms with Crippen LogP contribution in [-0.4, -0.2) is 15.4 Å². The van der Waals surface area contributed by atoms with E-state index in [9.17, 15) is 4.79 Å². The number of para-hydroxylation sites is 1. The second-order valence-corrected chi connectivity index (χ2v) is 6.56. The fraction of sp³-hybridized carbons (Fsp3) is 0.0526. The van der Waals surface area contributed by atoms with Crippen LogP contribution in [0, 0.1) is 6.92 Å². The third kappa shape index (κ3) is 3.25. The van der Waals surface area contributed by atoms with Gasteiger partial charge < -0.3 is 10.6 Å². The standard InChI is InChI=1S/C19H16N4OS/c1-13-4-2-3-5-16(13)21-18(24)20-15-8-6-14(7-9-15)17-12-23-10-11-25-19(23)22-17/h2-12H,1H3,(H2,20,21,24). The summed E-state index contributed by atoms with van der Waals surface area (Å²) < 4.78 is 2.00. The first kappa shape index (κ1) is 15.4. The van der Waals surface area contributed by atoms with Crippen molar-refractivity contribution in [3.05, 3.63) is 71.9 Å². The first-order valence-corrected chi connectivity index (χ1v) is 8.73. The van der Waals surface area contributed by atoms with Crippen molar-refractivity contribution in [1.82, 2.24) is 9.38 Å². The van der Waals surface area contributed by atoms with Gasteiger partial charge in [-0.25, -0.2) is 9.78 Å². The van der Waals surface area contributed by atoms with E-state index >= 15 is 0 Å². The molecule has 2 aromatic heterocycles. The van der Waals surface area contributed by atoms with Gasteiger partial charge in [0.1, 0.15) is 0 Å². The van der Waals surface area contributed by atoms with E-state index in [0.29, 0.717) is 0 Å². The van der Waals surface area contributed by atoms with E-state index in [1.54, 1.807) is 11.3 Å². The van der Waals surface area contributed by atoms with Crippen molar-refractivity contribution in [3.8, 4) is 11.3 Å². The summed E-state index contributed by atoms with van der Waals surface area (Å²) >= 11 is 1.60. The first-order chi connectivity index (χ1) is 12.2. The highest BCUT2D eigenvalue weighted by atomic mass is 32.1. The van der Waals surface area contributed by atoms with Gasteiger partial charge in [-0.1, -0.05) is 30.3 Å².